The van der Waals surface area contributed by atoms with Crippen molar-refractivity contribution in [3.63, 3.8) is 0 Å². The van der Waals surface area contributed by atoms with Crippen LogP contribution in [0.5, 0.6) is 11.5 Å². The highest BCUT2D eigenvalue weighted by molar-refractivity contribution is 5.96. The van der Waals surface area contributed by atoms with Gasteiger partial charge < -0.3 is 14.8 Å². The predicted molar refractivity (Wildman–Crippen MR) is 82.7 cm³/mol. The molecule has 0 fully saturated rings. The van der Waals surface area contributed by atoms with Crippen molar-refractivity contribution in [2.24, 2.45) is 0 Å². The average molecular weight is 314 g/mol. The fraction of sp³-hybridized carbons (Fsp3) is 0.188. The number of carbonyl (C=O) groups is 1. The van der Waals surface area contributed by atoms with Gasteiger partial charge in [-0.1, -0.05) is 24.3 Å². The number of anilines is 1. The summed E-state index contributed by atoms with van der Waals surface area (Å²) in [5.41, 5.74) is -0.0530. The number of nitro benzene ring substituents is 1. The van der Waals surface area contributed by atoms with Gasteiger partial charge in [-0.05, 0) is 25.1 Å². The third-order valence-corrected chi connectivity index (χ3v) is 3.46. The molecule has 1 N–H and O–H groups in total. The SMILES string of the molecule is C[C@H]1Oc2ccccc2O[C@@H]1C(=O)Nc1ccccc1[N+](=O)[O-]. The quantitative estimate of drug-likeness (QED) is 0.695. The zero-order chi connectivity index (χ0) is 16.4. The Kier molecular flexibility index (Phi) is 3.84. The third-order valence-electron chi connectivity index (χ3n) is 3.46. The molecule has 23 heavy (non-hydrogen) atoms. The van der Waals surface area contributed by atoms with Gasteiger partial charge in [-0.3, -0.25) is 14.9 Å². The van der Waals surface area contributed by atoms with Gasteiger partial charge in [0, 0.05) is 6.07 Å². The number of fused-ring (bicyclic) bond motifs is 1. The molecule has 0 saturated heterocycles. The molecule has 118 valence electrons. The van der Waals surface area contributed by atoms with Gasteiger partial charge in [-0.25, -0.2) is 0 Å². The van der Waals surface area contributed by atoms with Crippen LogP contribution in [0.2, 0.25) is 0 Å². The number of benzene rings is 2. The van der Waals surface area contributed by atoms with Crippen LogP contribution in [0, 0.1) is 10.1 Å². The molecule has 0 radical (unpaired) electrons. The zero-order valence-electron chi connectivity index (χ0n) is 12.3. The molecule has 1 heterocycles. The minimum absolute atomic E-state index is 0.122. The molecule has 2 aromatic carbocycles. The molecule has 0 aromatic heterocycles. The van der Waals surface area contributed by atoms with Gasteiger partial charge in [-0.15, -0.1) is 0 Å². The number of rotatable bonds is 3. The molecule has 0 aliphatic carbocycles. The highest BCUT2D eigenvalue weighted by Crippen LogP contribution is 2.34. The van der Waals surface area contributed by atoms with Crippen LogP contribution in [-0.4, -0.2) is 23.0 Å². The Balaban J connectivity index is 1.81. The maximum Gasteiger partial charge on any atom is 0.292 e. The second-order valence-electron chi connectivity index (χ2n) is 5.07. The van der Waals surface area contributed by atoms with E-state index in [1.165, 1.54) is 18.2 Å². The summed E-state index contributed by atoms with van der Waals surface area (Å²) in [6.07, 6.45) is -1.42. The number of para-hydroxylation sites is 4. The number of nitrogens with zero attached hydrogens (tertiary/aromatic N) is 1. The van der Waals surface area contributed by atoms with Crippen molar-refractivity contribution >= 4 is 17.3 Å². The molecule has 7 heteroatoms. The Labute approximate surface area is 132 Å². The predicted octanol–water partition coefficient (Wildman–Crippen LogP) is 2.76. The number of hydrogen-bond donors (Lipinski definition) is 1. The minimum atomic E-state index is -0.898. The molecule has 3 rings (SSSR count). The average Bonchev–Trinajstić information content (AvgIpc) is 2.54. The van der Waals surface area contributed by atoms with E-state index in [0.717, 1.165) is 0 Å². The Morgan fingerprint density at radius 3 is 2.39 bits per heavy atom. The highest BCUT2D eigenvalue weighted by atomic mass is 16.6. The number of hydrogen-bond acceptors (Lipinski definition) is 5. The van der Waals surface area contributed by atoms with Crippen LogP contribution in [-0.2, 0) is 4.79 Å². The van der Waals surface area contributed by atoms with Gasteiger partial charge in [0.25, 0.3) is 11.6 Å². The Morgan fingerprint density at radius 1 is 1.09 bits per heavy atom. The monoisotopic (exact) mass is 314 g/mol. The first-order chi connectivity index (χ1) is 11.1. The lowest BCUT2D eigenvalue weighted by atomic mass is 10.1. The Bertz CT molecular complexity index is 762. The largest absolute Gasteiger partial charge is 0.482 e. The summed E-state index contributed by atoms with van der Waals surface area (Å²) in [5.74, 6) is 0.532. The normalized spacial score (nSPS) is 19.0. The summed E-state index contributed by atoms with van der Waals surface area (Å²) < 4.78 is 11.3. The van der Waals surface area contributed by atoms with E-state index in [-0.39, 0.29) is 11.4 Å². The number of ether oxygens (including phenoxy) is 2. The first-order valence-corrected chi connectivity index (χ1v) is 7.03. The number of carbonyl (C=O) groups excluding carboxylic acids is 1. The van der Waals surface area contributed by atoms with E-state index in [1.807, 2.05) is 6.07 Å². The van der Waals surface area contributed by atoms with E-state index < -0.39 is 23.0 Å². The highest BCUT2D eigenvalue weighted by Gasteiger charge is 2.34. The number of amides is 1. The first kappa shape index (κ1) is 14.8. The molecule has 2 aromatic rings. The first-order valence-electron chi connectivity index (χ1n) is 7.03. The summed E-state index contributed by atoms with van der Waals surface area (Å²) in [5, 5.41) is 13.5. The Morgan fingerprint density at radius 2 is 1.70 bits per heavy atom. The topological polar surface area (TPSA) is 90.7 Å². The molecule has 7 nitrogen and oxygen atoms in total. The number of nitro groups is 1. The van der Waals surface area contributed by atoms with Crippen molar-refractivity contribution in [3.05, 3.63) is 58.6 Å². The van der Waals surface area contributed by atoms with E-state index in [0.29, 0.717) is 11.5 Å². The van der Waals surface area contributed by atoms with Crippen molar-refractivity contribution in [2.75, 3.05) is 5.32 Å². The van der Waals surface area contributed by atoms with Crippen LogP contribution in [0.25, 0.3) is 0 Å². The van der Waals surface area contributed by atoms with Crippen molar-refractivity contribution in [1.82, 2.24) is 0 Å². The van der Waals surface area contributed by atoms with Crippen LogP contribution in [0.3, 0.4) is 0 Å². The van der Waals surface area contributed by atoms with Gasteiger partial charge in [-0.2, -0.15) is 0 Å². The fourth-order valence-corrected chi connectivity index (χ4v) is 2.35. The molecule has 0 saturated carbocycles. The van der Waals surface area contributed by atoms with E-state index in [1.54, 1.807) is 31.2 Å². The van der Waals surface area contributed by atoms with Gasteiger partial charge in [0.2, 0.25) is 6.10 Å². The van der Waals surface area contributed by atoms with Crippen molar-refractivity contribution in [1.29, 1.82) is 0 Å². The molecule has 0 bridgehead atoms. The lowest BCUT2D eigenvalue weighted by molar-refractivity contribution is -0.383. The second kappa shape index (κ2) is 5.96. The molecular weight excluding hydrogens is 300 g/mol. The molecule has 2 atom stereocenters. The lowest BCUT2D eigenvalue weighted by Gasteiger charge is -2.30. The molecule has 1 aliphatic heterocycles. The Hall–Kier alpha value is -3.09. The third kappa shape index (κ3) is 2.94. The van der Waals surface area contributed by atoms with Gasteiger partial charge in [0.1, 0.15) is 11.8 Å². The summed E-state index contributed by atoms with van der Waals surface area (Å²) in [6, 6.07) is 13.0. The minimum Gasteiger partial charge on any atom is -0.482 e. The molecule has 1 amide bonds. The summed E-state index contributed by atoms with van der Waals surface area (Å²) >= 11 is 0. The van der Waals surface area contributed by atoms with Crippen LogP contribution in [0.15, 0.2) is 48.5 Å². The molecule has 1 aliphatic rings. The van der Waals surface area contributed by atoms with Crippen molar-refractivity contribution in [2.45, 2.75) is 19.1 Å². The standard InChI is InChI=1S/C16H14N2O5/c1-10-15(23-14-9-5-4-8-13(14)22-10)16(19)17-11-6-2-3-7-12(11)18(20)21/h2-10,15H,1H3,(H,17,19)/t10-,15+/m1/s1. The van der Waals surface area contributed by atoms with Crippen LogP contribution < -0.4 is 14.8 Å². The van der Waals surface area contributed by atoms with E-state index in [9.17, 15) is 14.9 Å². The van der Waals surface area contributed by atoms with Gasteiger partial charge in [0.05, 0.1) is 4.92 Å². The van der Waals surface area contributed by atoms with E-state index >= 15 is 0 Å². The fourth-order valence-electron chi connectivity index (χ4n) is 2.35. The molecule has 0 spiro atoms. The van der Waals surface area contributed by atoms with E-state index in [4.69, 9.17) is 9.47 Å². The maximum atomic E-state index is 12.4. The second-order valence-corrected chi connectivity index (χ2v) is 5.07. The summed E-state index contributed by atoms with van der Waals surface area (Å²) in [6.45, 7) is 1.71. The zero-order valence-corrected chi connectivity index (χ0v) is 12.3. The van der Waals surface area contributed by atoms with E-state index in [2.05, 4.69) is 5.32 Å². The van der Waals surface area contributed by atoms with Crippen LogP contribution in [0.1, 0.15) is 6.92 Å². The molecular formula is C16H14N2O5. The van der Waals surface area contributed by atoms with Crippen LogP contribution in [0.4, 0.5) is 11.4 Å². The van der Waals surface area contributed by atoms with Crippen LogP contribution >= 0.6 is 0 Å². The lowest BCUT2D eigenvalue weighted by Crippen LogP contribution is -2.46. The van der Waals surface area contributed by atoms with Gasteiger partial charge in [0.15, 0.2) is 11.5 Å². The summed E-state index contributed by atoms with van der Waals surface area (Å²) in [4.78, 5) is 22.9. The van der Waals surface area contributed by atoms with Gasteiger partial charge >= 0.3 is 0 Å². The molecule has 0 unspecified atom stereocenters. The summed E-state index contributed by atoms with van der Waals surface area (Å²) in [7, 11) is 0. The van der Waals surface area contributed by atoms with Crippen molar-refractivity contribution < 1.29 is 19.2 Å². The van der Waals surface area contributed by atoms with Crippen molar-refractivity contribution in [3.8, 4) is 11.5 Å². The maximum absolute atomic E-state index is 12.4. The number of nitrogens with one attached hydrogen (secondary N) is 1. The smallest absolute Gasteiger partial charge is 0.292 e.